The van der Waals surface area contributed by atoms with E-state index < -0.39 is 0 Å². The van der Waals surface area contributed by atoms with Crippen LogP contribution in [0.3, 0.4) is 0 Å². The maximum Gasteiger partial charge on any atom is 0.181 e. The second-order valence-corrected chi connectivity index (χ2v) is 3.97. The Bertz CT molecular complexity index is 439. The summed E-state index contributed by atoms with van der Waals surface area (Å²) in [7, 11) is 4.48. The first-order valence-electron chi connectivity index (χ1n) is 5.28. The summed E-state index contributed by atoms with van der Waals surface area (Å²) in [6, 6.07) is 16.5. The van der Waals surface area contributed by atoms with E-state index in [0.717, 1.165) is 18.3 Å². The van der Waals surface area contributed by atoms with Gasteiger partial charge in [-0.1, -0.05) is 47.9 Å². The third kappa shape index (κ3) is 2.12. The van der Waals surface area contributed by atoms with Gasteiger partial charge in [-0.25, -0.2) is 0 Å². The molecule has 0 amide bonds. The van der Waals surface area contributed by atoms with Gasteiger partial charge in [0.2, 0.25) is 0 Å². The first-order chi connectivity index (χ1) is 7.86. The van der Waals surface area contributed by atoms with Crippen molar-refractivity contribution < 1.29 is 4.74 Å². The average Bonchev–Trinajstić information content (AvgIpc) is 2.38. The molecule has 0 spiro atoms. The van der Waals surface area contributed by atoms with Crippen molar-refractivity contribution in [2.24, 2.45) is 0 Å². The third-order valence-electron chi connectivity index (χ3n) is 2.63. The van der Waals surface area contributed by atoms with Crippen molar-refractivity contribution in [1.29, 1.82) is 0 Å². The molecule has 0 aliphatic carbocycles. The largest absolute Gasteiger partial charge is 0.496 e. The minimum atomic E-state index is 0.924. The molecule has 16 heavy (non-hydrogen) atoms. The van der Waals surface area contributed by atoms with Crippen LogP contribution < -0.4 is 10.2 Å². The molecular formula is C13H14BOP. The summed E-state index contributed by atoms with van der Waals surface area (Å²) in [5.74, 6) is 0.924. The van der Waals surface area contributed by atoms with Crippen molar-refractivity contribution >= 4 is 21.6 Å². The SMILES string of the molecule is COc1ccccc1-c1ccccc1BP. The molecule has 0 aliphatic heterocycles. The van der Waals surface area contributed by atoms with E-state index in [2.05, 4.69) is 39.5 Å². The molecule has 3 heteroatoms. The summed E-state index contributed by atoms with van der Waals surface area (Å²) >= 11 is 0. The Morgan fingerprint density at radius 2 is 1.56 bits per heavy atom. The smallest absolute Gasteiger partial charge is 0.181 e. The van der Waals surface area contributed by atoms with Gasteiger partial charge < -0.3 is 4.74 Å². The molecule has 1 nitrogen and oxygen atoms in total. The van der Waals surface area contributed by atoms with Crippen LogP contribution in [0.5, 0.6) is 5.75 Å². The Hall–Kier alpha value is -1.27. The van der Waals surface area contributed by atoms with Crippen molar-refractivity contribution in [1.82, 2.24) is 0 Å². The van der Waals surface area contributed by atoms with Crippen molar-refractivity contribution in [3.63, 3.8) is 0 Å². The van der Waals surface area contributed by atoms with E-state index in [1.807, 2.05) is 18.2 Å². The van der Waals surface area contributed by atoms with Crippen molar-refractivity contribution in [3.05, 3.63) is 48.5 Å². The van der Waals surface area contributed by atoms with Crippen LogP contribution in [0.25, 0.3) is 11.1 Å². The monoisotopic (exact) mass is 228 g/mol. The van der Waals surface area contributed by atoms with Crippen LogP contribution in [0, 0.1) is 0 Å². The molecule has 1 unspecified atom stereocenters. The zero-order valence-corrected chi connectivity index (χ0v) is 10.5. The van der Waals surface area contributed by atoms with E-state index >= 15 is 0 Å². The molecule has 2 rings (SSSR count). The lowest BCUT2D eigenvalue weighted by Crippen LogP contribution is -2.11. The van der Waals surface area contributed by atoms with Crippen LogP contribution >= 0.6 is 9.12 Å². The summed E-state index contributed by atoms with van der Waals surface area (Å²) in [4.78, 5) is 0. The lowest BCUT2D eigenvalue weighted by molar-refractivity contribution is 0.416. The number of rotatable bonds is 3. The van der Waals surface area contributed by atoms with Gasteiger partial charge in [-0.3, -0.25) is 0 Å². The molecule has 2 aromatic carbocycles. The zero-order chi connectivity index (χ0) is 11.4. The molecule has 0 fully saturated rings. The number of methoxy groups -OCH3 is 1. The highest BCUT2D eigenvalue weighted by molar-refractivity contribution is 7.58. The van der Waals surface area contributed by atoms with Gasteiger partial charge in [0, 0.05) is 5.56 Å². The third-order valence-corrected chi connectivity index (χ3v) is 3.07. The van der Waals surface area contributed by atoms with Gasteiger partial charge in [0.15, 0.2) is 7.00 Å². The molecule has 0 heterocycles. The topological polar surface area (TPSA) is 9.23 Å². The number of benzene rings is 2. The molecule has 80 valence electrons. The minimum absolute atomic E-state index is 0.924. The predicted octanol–water partition coefficient (Wildman–Crippen LogP) is 2.21. The highest BCUT2D eigenvalue weighted by Crippen LogP contribution is 2.28. The summed E-state index contributed by atoms with van der Waals surface area (Å²) in [6.45, 7) is 0.953. The Morgan fingerprint density at radius 1 is 0.938 bits per heavy atom. The summed E-state index contributed by atoms with van der Waals surface area (Å²) in [5, 5.41) is 0. The van der Waals surface area contributed by atoms with Crippen LogP contribution in [0.4, 0.5) is 0 Å². The minimum Gasteiger partial charge on any atom is -0.496 e. The van der Waals surface area contributed by atoms with Gasteiger partial charge >= 0.3 is 0 Å². The quantitative estimate of drug-likeness (QED) is 0.578. The fraction of sp³-hybridized carbons (Fsp3) is 0.0769. The van der Waals surface area contributed by atoms with E-state index in [9.17, 15) is 0 Å². The molecule has 0 aromatic heterocycles. The molecule has 0 N–H and O–H groups in total. The van der Waals surface area contributed by atoms with E-state index in [0.29, 0.717) is 0 Å². The molecule has 0 aliphatic rings. The molecule has 0 bridgehead atoms. The Morgan fingerprint density at radius 3 is 2.25 bits per heavy atom. The molecule has 0 radical (unpaired) electrons. The first-order valence-corrected chi connectivity index (χ1v) is 6.10. The molecular weight excluding hydrogens is 214 g/mol. The highest BCUT2D eigenvalue weighted by Gasteiger charge is 2.07. The second kappa shape index (κ2) is 5.18. The van der Waals surface area contributed by atoms with Crippen molar-refractivity contribution in [2.75, 3.05) is 7.11 Å². The Kier molecular flexibility index (Phi) is 3.64. The first kappa shape index (κ1) is 11.2. The predicted molar refractivity (Wildman–Crippen MR) is 74.9 cm³/mol. The van der Waals surface area contributed by atoms with Crippen molar-refractivity contribution in [2.45, 2.75) is 0 Å². The maximum absolute atomic E-state index is 5.39. The Labute approximate surface area is 99.2 Å². The molecule has 2 aromatic rings. The number of hydrogen-bond acceptors (Lipinski definition) is 1. The van der Waals surface area contributed by atoms with Crippen molar-refractivity contribution in [3.8, 4) is 16.9 Å². The van der Waals surface area contributed by atoms with Crippen LogP contribution in [-0.4, -0.2) is 14.1 Å². The van der Waals surface area contributed by atoms with Crippen LogP contribution in [-0.2, 0) is 0 Å². The highest BCUT2D eigenvalue weighted by atomic mass is 31.0. The van der Waals surface area contributed by atoms with Gasteiger partial charge in [0.05, 0.1) is 7.11 Å². The summed E-state index contributed by atoms with van der Waals surface area (Å²) in [5.41, 5.74) is 3.72. The molecule has 0 saturated heterocycles. The summed E-state index contributed by atoms with van der Waals surface area (Å²) < 4.78 is 5.39. The number of ether oxygens (including phenoxy) is 1. The maximum atomic E-state index is 5.39. The van der Waals surface area contributed by atoms with Gasteiger partial charge in [-0.05, 0) is 11.6 Å². The lowest BCUT2D eigenvalue weighted by atomic mass is 9.85. The zero-order valence-electron chi connectivity index (χ0n) is 9.31. The van der Waals surface area contributed by atoms with E-state index in [-0.39, 0.29) is 0 Å². The standard InChI is InChI=1S/C13H14BOP/c1-15-13-9-5-3-7-11(13)10-6-2-4-8-12(10)14-16/h2-9,14H,16H2,1H3. The van der Waals surface area contributed by atoms with E-state index in [1.165, 1.54) is 11.0 Å². The van der Waals surface area contributed by atoms with Gasteiger partial charge in [0.25, 0.3) is 0 Å². The van der Waals surface area contributed by atoms with Gasteiger partial charge in [-0.15, -0.1) is 0 Å². The summed E-state index contributed by atoms with van der Waals surface area (Å²) in [6.07, 6.45) is 0. The fourth-order valence-electron chi connectivity index (χ4n) is 1.83. The van der Waals surface area contributed by atoms with E-state index in [1.54, 1.807) is 7.11 Å². The van der Waals surface area contributed by atoms with E-state index in [4.69, 9.17) is 4.74 Å². The van der Waals surface area contributed by atoms with Crippen LogP contribution in [0.1, 0.15) is 0 Å². The molecule has 1 atom stereocenters. The lowest BCUT2D eigenvalue weighted by Gasteiger charge is -2.11. The molecule has 0 saturated carbocycles. The van der Waals surface area contributed by atoms with Crippen LogP contribution in [0.2, 0.25) is 0 Å². The Balaban J connectivity index is 2.58. The van der Waals surface area contributed by atoms with Gasteiger partial charge in [-0.2, -0.15) is 9.12 Å². The average molecular weight is 228 g/mol. The van der Waals surface area contributed by atoms with Gasteiger partial charge in [0.1, 0.15) is 5.75 Å². The normalized spacial score (nSPS) is 9.88. The number of para-hydroxylation sites is 1. The second-order valence-electron chi connectivity index (χ2n) is 3.56. The fourth-order valence-corrected chi connectivity index (χ4v) is 2.18. The van der Waals surface area contributed by atoms with Crippen LogP contribution in [0.15, 0.2) is 48.5 Å². The number of hydrogen-bond donors (Lipinski definition) is 0.